The highest BCUT2D eigenvalue weighted by Crippen LogP contribution is 2.20. The molecule has 1 amide bonds. The first-order valence-corrected chi connectivity index (χ1v) is 8.95. The molecule has 1 unspecified atom stereocenters. The van der Waals surface area contributed by atoms with Crippen LogP contribution in [-0.2, 0) is 16.0 Å². The molecule has 0 saturated carbocycles. The molecule has 23 heavy (non-hydrogen) atoms. The maximum absolute atomic E-state index is 12.7. The Labute approximate surface area is 139 Å². The van der Waals surface area contributed by atoms with Gasteiger partial charge >= 0.3 is 0 Å². The van der Waals surface area contributed by atoms with Crippen molar-refractivity contribution >= 4 is 5.91 Å². The van der Waals surface area contributed by atoms with Crippen LogP contribution in [0, 0.1) is 5.92 Å². The second kappa shape index (κ2) is 8.46. The van der Waals surface area contributed by atoms with Crippen LogP contribution in [0.25, 0.3) is 0 Å². The molecule has 2 aliphatic rings. The number of hydrogen-bond acceptors (Lipinski definition) is 3. The van der Waals surface area contributed by atoms with E-state index >= 15 is 0 Å². The zero-order valence-corrected chi connectivity index (χ0v) is 13.9. The van der Waals surface area contributed by atoms with Gasteiger partial charge in [-0.05, 0) is 50.3 Å². The van der Waals surface area contributed by atoms with E-state index in [1.807, 2.05) is 6.07 Å². The molecule has 0 bridgehead atoms. The molecule has 1 aromatic carbocycles. The molecule has 3 rings (SSSR count). The number of carbonyl (C=O) groups excluding carboxylic acids is 1. The summed E-state index contributed by atoms with van der Waals surface area (Å²) in [6.45, 7) is 4.28. The topological polar surface area (TPSA) is 41.6 Å². The molecular formula is C19H28N2O2. The number of ether oxygens (including phenoxy) is 1. The van der Waals surface area contributed by atoms with E-state index < -0.39 is 0 Å². The van der Waals surface area contributed by atoms with Crippen LogP contribution in [-0.4, -0.2) is 49.7 Å². The van der Waals surface area contributed by atoms with E-state index in [1.54, 1.807) is 0 Å². The zero-order valence-electron chi connectivity index (χ0n) is 13.9. The number of benzene rings is 1. The van der Waals surface area contributed by atoms with E-state index in [9.17, 15) is 4.79 Å². The Hall–Kier alpha value is -1.39. The molecule has 1 N–H and O–H groups in total. The zero-order chi connectivity index (χ0) is 15.9. The maximum Gasteiger partial charge on any atom is 0.222 e. The number of amides is 1. The fourth-order valence-electron chi connectivity index (χ4n) is 3.68. The number of rotatable bonds is 5. The van der Waals surface area contributed by atoms with Crippen molar-refractivity contribution in [2.24, 2.45) is 5.92 Å². The lowest BCUT2D eigenvalue weighted by Crippen LogP contribution is -2.49. The van der Waals surface area contributed by atoms with E-state index in [-0.39, 0.29) is 6.04 Å². The predicted molar refractivity (Wildman–Crippen MR) is 91.3 cm³/mol. The normalized spacial score (nSPS) is 23.0. The minimum atomic E-state index is 0.187. The third kappa shape index (κ3) is 4.79. The lowest BCUT2D eigenvalue weighted by Gasteiger charge is -2.36. The quantitative estimate of drug-likeness (QED) is 0.906. The van der Waals surface area contributed by atoms with Crippen molar-refractivity contribution in [3.8, 4) is 0 Å². The number of carbonyl (C=O) groups is 1. The van der Waals surface area contributed by atoms with Gasteiger partial charge in [0.25, 0.3) is 0 Å². The third-order valence-corrected chi connectivity index (χ3v) is 5.09. The molecule has 0 radical (unpaired) electrons. The Morgan fingerprint density at radius 3 is 2.78 bits per heavy atom. The average Bonchev–Trinajstić information content (AvgIpc) is 2.62. The summed E-state index contributed by atoms with van der Waals surface area (Å²) < 4.78 is 5.63. The van der Waals surface area contributed by atoms with E-state index in [0.29, 0.717) is 31.5 Å². The van der Waals surface area contributed by atoms with Crippen molar-refractivity contribution in [3.05, 3.63) is 35.9 Å². The minimum absolute atomic E-state index is 0.187. The summed E-state index contributed by atoms with van der Waals surface area (Å²) in [4.78, 5) is 14.8. The Morgan fingerprint density at radius 2 is 2.00 bits per heavy atom. The van der Waals surface area contributed by atoms with Gasteiger partial charge in [-0.25, -0.2) is 0 Å². The van der Waals surface area contributed by atoms with Gasteiger partial charge in [0.15, 0.2) is 0 Å². The second-order valence-corrected chi connectivity index (χ2v) is 6.74. The van der Waals surface area contributed by atoms with Crippen LogP contribution >= 0.6 is 0 Å². The van der Waals surface area contributed by atoms with E-state index in [0.717, 1.165) is 32.5 Å². The molecule has 1 atom stereocenters. The molecule has 2 saturated heterocycles. The number of nitrogens with one attached hydrogen (secondary N) is 1. The summed E-state index contributed by atoms with van der Waals surface area (Å²) in [7, 11) is 0. The van der Waals surface area contributed by atoms with Gasteiger partial charge in [0.05, 0.1) is 19.3 Å². The second-order valence-electron chi connectivity index (χ2n) is 6.74. The number of piperidine rings is 1. The standard InChI is InChI=1S/C19H28N2O2/c22-19(7-6-16-8-10-20-11-9-16)21-12-13-23-15-18(21)14-17-4-2-1-3-5-17/h1-5,16,18,20H,6-15H2. The van der Waals surface area contributed by atoms with E-state index in [1.165, 1.54) is 18.4 Å². The molecule has 4 heteroatoms. The molecule has 1 aromatic rings. The molecule has 2 heterocycles. The highest BCUT2D eigenvalue weighted by molar-refractivity contribution is 5.76. The Bertz CT molecular complexity index is 485. The predicted octanol–water partition coefficient (Wildman–Crippen LogP) is 2.24. The summed E-state index contributed by atoms with van der Waals surface area (Å²) in [5, 5.41) is 3.39. The molecule has 2 fully saturated rings. The van der Waals surface area contributed by atoms with Gasteiger partial charge in [0.2, 0.25) is 5.91 Å². The summed E-state index contributed by atoms with van der Waals surface area (Å²) in [5.74, 6) is 1.03. The first-order chi connectivity index (χ1) is 11.3. The van der Waals surface area contributed by atoms with Gasteiger partial charge in [-0.3, -0.25) is 4.79 Å². The van der Waals surface area contributed by atoms with Crippen molar-refractivity contribution in [3.63, 3.8) is 0 Å². The molecular weight excluding hydrogens is 288 g/mol. The highest BCUT2D eigenvalue weighted by atomic mass is 16.5. The van der Waals surface area contributed by atoms with E-state index in [4.69, 9.17) is 4.74 Å². The van der Waals surface area contributed by atoms with Crippen LogP contribution in [0.2, 0.25) is 0 Å². The molecule has 126 valence electrons. The van der Waals surface area contributed by atoms with Crippen LogP contribution in [0.5, 0.6) is 0 Å². The van der Waals surface area contributed by atoms with Crippen molar-refractivity contribution in [2.75, 3.05) is 32.8 Å². The van der Waals surface area contributed by atoms with Crippen molar-refractivity contribution in [1.29, 1.82) is 0 Å². The van der Waals surface area contributed by atoms with Crippen molar-refractivity contribution in [1.82, 2.24) is 10.2 Å². The van der Waals surface area contributed by atoms with E-state index in [2.05, 4.69) is 34.5 Å². The van der Waals surface area contributed by atoms with Crippen LogP contribution in [0.3, 0.4) is 0 Å². The number of hydrogen-bond donors (Lipinski definition) is 1. The van der Waals surface area contributed by atoms with Crippen LogP contribution in [0.15, 0.2) is 30.3 Å². The van der Waals surface area contributed by atoms with Crippen LogP contribution in [0.1, 0.15) is 31.2 Å². The third-order valence-electron chi connectivity index (χ3n) is 5.09. The smallest absolute Gasteiger partial charge is 0.222 e. The first kappa shape index (κ1) is 16.5. The summed E-state index contributed by atoms with van der Waals surface area (Å²) >= 11 is 0. The fraction of sp³-hybridized carbons (Fsp3) is 0.632. The Kier molecular flexibility index (Phi) is 6.06. The van der Waals surface area contributed by atoms with Gasteiger partial charge in [0, 0.05) is 13.0 Å². The SMILES string of the molecule is O=C(CCC1CCNCC1)N1CCOCC1Cc1ccccc1. The van der Waals surface area contributed by atoms with Crippen LogP contribution < -0.4 is 5.32 Å². The molecule has 4 nitrogen and oxygen atoms in total. The highest BCUT2D eigenvalue weighted by Gasteiger charge is 2.27. The van der Waals surface area contributed by atoms with Crippen molar-refractivity contribution in [2.45, 2.75) is 38.1 Å². The monoisotopic (exact) mass is 316 g/mol. The van der Waals surface area contributed by atoms with Gasteiger partial charge in [0.1, 0.15) is 0 Å². The lowest BCUT2D eigenvalue weighted by atomic mass is 9.92. The summed E-state index contributed by atoms with van der Waals surface area (Å²) in [6, 6.07) is 10.6. The summed E-state index contributed by atoms with van der Waals surface area (Å²) in [5.41, 5.74) is 1.28. The number of nitrogens with zero attached hydrogens (tertiary/aromatic N) is 1. The van der Waals surface area contributed by atoms with Crippen LogP contribution in [0.4, 0.5) is 0 Å². The van der Waals surface area contributed by atoms with Gasteiger partial charge < -0.3 is 15.0 Å². The molecule has 2 aliphatic heterocycles. The van der Waals surface area contributed by atoms with Gasteiger partial charge in [-0.2, -0.15) is 0 Å². The maximum atomic E-state index is 12.7. The molecule has 0 aliphatic carbocycles. The fourth-order valence-corrected chi connectivity index (χ4v) is 3.68. The minimum Gasteiger partial charge on any atom is -0.377 e. The first-order valence-electron chi connectivity index (χ1n) is 8.95. The summed E-state index contributed by atoms with van der Waals surface area (Å²) in [6.07, 6.45) is 5.04. The molecule has 0 spiro atoms. The Morgan fingerprint density at radius 1 is 1.22 bits per heavy atom. The molecule has 0 aromatic heterocycles. The average molecular weight is 316 g/mol. The van der Waals surface area contributed by atoms with Gasteiger partial charge in [-0.1, -0.05) is 30.3 Å². The van der Waals surface area contributed by atoms with Crippen molar-refractivity contribution < 1.29 is 9.53 Å². The lowest BCUT2D eigenvalue weighted by molar-refractivity contribution is -0.140. The Balaban J connectivity index is 1.53. The van der Waals surface area contributed by atoms with Gasteiger partial charge in [-0.15, -0.1) is 0 Å². The largest absolute Gasteiger partial charge is 0.377 e. The number of morpholine rings is 1.